The maximum atomic E-state index is 6.49. The average Bonchev–Trinajstić information content (AvgIpc) is 3.21. The molecule has 4 heteroatoms. The van der Waals surface area contributed by atoms with E-state index in [1.807, 2.05) is 0 Å². The minimum Gasteiger partial charge on any atom is -0.474 e. The molecule has 0 aliphatic heterocycles. The fourth-order valence-corrected chi connectivity index (χ4v) is 5.21. The molecule has 4 nitrogen and oxygen atoms in total. The van der Waals surface area contributed by atoms with Gasteiger partial charge in [-0.25, -0.2) is 9.97 Å². The Bertz CT molecular complexity index is 689. The van der Waals surface area contributed by atoms with Gasteiger partial charge in [0.2, 0.25) is 5.88 Å². The zero-order valence-corrected chi connectivity index (χ0v) is 16.8. The van der Waals surface area contributed by atoms with E-state index in [4.69, 9.17) is 4.74 Å². The number of hydrogen-bond donors (Lipinski definition) is 0. The van der Waals surface area contributed by atoms with E-state index in [0.29, 0.717) is 18.1 Å². The van der Waals surface area contributed by atoms with Gasteiger partial charge < -0.3 is 9.64 Å². The Labute approximate surface area is 158 Å². The first kappa shape index (κ1) is 18.0. The molecule has 4 rings (SSSR count). The second kappa shape index (κ2) is 7.30. The molecule has 0 saturated heterocycles. The normalized spacial score (nSPS) is 29.0. The highest BCUT2D eigenvalue weighted by Crippen LogP contribution is 2.51. The fraction of sp³-hybridized carbons (Fsp3) is 0.727. The standard InChI is InChI=1S/C22H33N3O/c1-5-14(2)18-11-6-15-12-19-21(20(15)18)22(24-13-23-19)26-17-9-7-16(8-10-17)25(3)4/h13-14,16-18H,5-12H2,1-4H3/t14?,16?,17?,18-/m1/s1. The molecule has 26 heavy (non-hydrogen) atoms. The van der Waals surface area contributed by atoms with Gasteiger partial charge in [-0.2, -0.15) is 0 Å². The van der Waals surface area contributed by atoms with Gasteiger partial charge in [-0.1, -0.05) is 25.8 Å². The first-order valence-corrected chi connectivity index (χ1v) is 10.5. The third kappa shape index (κ3) is 3.17. The van der Waals surface area contributed by atoms with E-state index in [9.17, 15) is 0 Å². The third-order valence-corrected chi connectivity index (χ3v) is 7.03. The Morgan fingerprint density at radius 1 is 1.15 bits per heavy atom. The first-order chi connectivity index (χ1) is 12.6. The van der Waals surface area contributed by atoms with E-state index in [-0.39, 0.29) is 0 Å². The zero-order valence-electron chi connectivity index (χ0n) is 16.8. The Balaban J connectivity index is 1.55. The minimum absolute atomic E-state index is 0.304. The minimum atomic E-state index is 0.304. The van der Waals surface area contributed by atoms with Crippen molar-refractivity contribution in [2.45, 2.75) is 77.4 Å². The molecule has 0 amide bonds. The summed E-state index contributed by atoms with van der Waals surface area (Å²) >= 11 is 0. The molecule has 2 atom stereocenters. The maximum Gasteiger partial charge on any atom is 0.224 e. The quantitative estimate of drug-likeness (QED) is 0.780. The molecule has 1 heterocycles. The van der Waals surface area contributed by atoms with Crippen molar-refractivity contribution in [1.82, 2.24) is 14.9 Å². The fourth-order valence-electron chi connectivity index (χ4n) is 5.21. The summed E-state index contributed by atoms with van der Waals surface area (Å²) < 4.78 is 6.49. The second-order valence-corrected chi connectivity index (χ2v) is 8.74. The molecule has 1 aromatic heterocycles. The van der Waals surface area contributed by atoms with Crippen molar-refractivity contribution in [3.05, 3.63) is 23.2 Å². The van der Waals surface area contributed by atoms with Gasteiger partial charge in [0.05, 0.1) is 11.3 Å². The number of hydrogen-bond acceptors (Lipinski definition) is 4. The predicted molar refractivity (Wildman–Crippen MR) is 105 cm³/mol. The Hall–Kier alpha value is -1.42. The molecule has 0 spiro atoms. The molecule has 142 valence electrons. The van der Waals surface area contributed by atoms with Crippen LogP contribution in [0.1, 0.15) is 70.1 Å². The van der Waals surface area contributed by atoms with Crippen LogP contribution >= 0.6 is 0 Å². The lowest BCUT2D eigenvalue weighted by molar-refractivity contribution is 0.106. The van der Waals surface area contributed by atoms with E-state index in [0.717, 1.165) is 31.1 Å². The highest BCUT2D eigenvalue weighted by atomic mass is 16.5. The van der Waals surface area contributed by atoms with Crippen LogP contribution in [0.4, 0.5) is 0 Å². The molecule has 0 N–H and O–H groups in total. The van der Waals surface area contributed by atoms with Gasteiger partial charge in [-0.3, -0.25) is 0 Å². The number of ether oxygens (including phenoxy) is 1. The van der Waals surface area contributed by atoms with Crippen molar-refractivity contribution in [3.8, 4) is 5.88 Å². The summed E-state index contributed by atoms with van der Waals surface area (Å²) in [6, 6.07) is 0.699. The van der Waals surface area contributed by atoms with Crippen molar-refractivity contribution in [3.63, 3.8) is 0 Å². The van der Waals surface area contributed by atoms with Crippen LogP contribution in [0.5, 0.6) is 5.88 Å². The molecular formula is C22H33N3O. The predicted octanol–water partition coefficient (Wildman–Crippen LogP) is 4.49. The van der Waals surface area contributed by atoms with Gasteiger partial charge >= 0.3 is 0 Å². The first-order valence-electron chi connectivity index (χ1n) is 10.5. The van der Waals surface area contributed by atoms with Gasteiger partial charge in [-0.15, -0.1) is 0 Å². The number of allylic oxidation sites excluding steroid dienone is 2. The molecular weight excluding hydrogens is 322 g/mol. The SMILES string of the molecule is CCC(C)[C@H]1CCC2=C1c1c(ncnc1OC1CCC(N(C)C)CC1)C2. The largest absolute Gasteiger partial charge is 0.474 e. The van der Waals surface area contributed by atoms with Crippen molar-refractivity contribution in [1.29, 1.82) is 0 Å². The van der Waals surface area contributed by atoms with Gasteiger partial charge in [0, 0.05) is 12.5 Å². The average molecular weight is 356 g/mol. The van der Waals surface area contributed by atoms with Crippen LogP contribution in [0.15, 0.2) is 11.9 Å². The van der Waals surface area contributed by atoms with Crippen LogP contribution < -0.4 is 4.74 Å². The molecule has 1 fully saturated rings. The van der Waals surface area contributed by atoms with Gasteiger partial charge in [0.1, 0.15) is 12.4 Å². The van der Waals surface area contributed by atoms with Crippen LogP contribution in [-0.2, 0) is 6.42 Å². The van der Waals surface area contributed by atoms with Crippen LogP contribution in [0, 0.1) is 11.8 Å². The maximum absolute atomic E-state index is 6.49. The van der Waals surface area contributed by atoms with Crippen molar-refractivity contribution in [2.24, 2.45) is 11.8 Å². The van der Waals surface area contributed by atoms with E-state index in [1.165, 1.54) is 43.4 Å². The van der Waals surface area contributed by atoms with Gasteiger partial charge in [0.15, 0.2) is 0 Å². The molecule has 0 bridgehead atoms. The molecule has 1 unspecified atom stereocenters. The molecule has 3 aliphatic carbocycles. The molecule has 0 aromatic carbocycles. The molecule has 0 radical (unpaired) electrons. The van der Waals surface area contributed by atoms with E-state index in [1.54, 1.807) is 17.5 Å². The Morgan fingerprint density at radius 3 is 2.62 bits per heavy atom. The van der Waals surface area contributed by atoms with Gasteiger partial charge in [-0.05, 0) is 70.0 Å². The van der Waals surface area contributed by atoms with E-state index < -0.39 is 0 Å². The Kier molecular flexibility index (Phi) is 5.05. The van der Waals surface area contributed by atoms with E-state index in [2.05, 4.69) is 42.8 Å². The van der Waals surface area contributed by atoms with Gasteiger partial charge in [0.25, 0.3) is 0 Å². The number of fused-ring (bicyclic) bond motifs is 2. The second-order valence-electron chi connectivity index (χ2n) is 8.74. The summed E-state index contributed by atoms with van der Waals surface area (Å²) in [5, 5.41) is 0. The summed E-state index contributed by atoms with van der Waals surface area (Å²) in [6.07, 6.45) is 11.5. The lowest BCUT2D eigenvalue weighted by Gasteiger charge is -2.33. The highest BCUT2D eigenvalue weighted by molar-refractivity contribution is 5.81. The molecule has 1 saturated carbocycles. The Morgan fingerprint density at radius 2 is 1.92 bits per heavy atom. The molecule has 3 aliphatic rings. The van der Waals surface area contributed by atoms with Crippen LogP contribution in [-0.4, -0.2) is 41.1 Å². The lowest BCUT2D eigenvalue weighted by Crippen LogP contribution is -2.35. The monoisotopic (exact) mass is 355 g/mol. The summed E-state index contributed by atoms with van der Waals surface area (Å²) in [4.78, 5) is 11.6. The smallest absolute Gasteiger partial charge is 0.224 e. The van der Waals surface area contributed by atoms with Crippen LogP contribution in [0.2, 0.25) is 0 Å². The zero-order chi connectivity index (χ0) is 18.3. The van der Waals surface area contributed by atoms with Crippen LogP contribution in [0.3, 0.4) is 0 Å². The topological polar surface area (TPSA) is 38.3 Å². The summed E-state index contributed by atoms with van der Waals surface area (Å²) in [6.45, 7) is 4.70. The van der Waals surface area contributed by atoms with Crippen molar-refractivity contribution in [2.75, 3.05) is 14.1 Å². The molecule has 1 aromatic rings. The number of nitrogens with zero attached hydrogens (tertiary/aromatic N) is 3. The summed E-state index contributed by atoms with van der Waals surface area (Å²) in [5.74, 6) is 2.25. The summed E-state index contributed by atoms with van der Waals surface area (Å²) in [5.41, 5.74) is 5.62. The third-order valence-electron chi connectivity index (χ3n) is 7.03. The summed E-state index contributed by atoms with van der Waals surface area (Å²) in [7, 11) is 4.37. The van der Waals surface area contributed by atoms with Crippen molar-refractivity contribution < 1.29 is 4.74 Å². The number of rotatable bonds is 5. The van der Waals surface area contributed by atoms with Crippen LogP contribution in [0.25, 0.3) is 5.57 Å². The van der Waals surface area contributed by atoms with Crippen molar-refractivity contribution >= 4 is 5.57 Å². The van der Waals surface area contributed by atoms with E-state index >= 15 is 0 Å². The highest BCUT2D eigenvalue weighted by Gasteiger charge is 2.38. The lowest BCUT2D eigenvalue weighted by atomic mass is 9.84. The number of aromatic nitrogens is 2.